The number of likely N-dealkylation sites (tertiary alicyclic amines) is 1. The summed E-state index contributed by atoms with van der Waals surface area (Å²) in [5.74, 6) is 0.176. The summed E-state index contributed by atoms with van der Waals surface area (Å²) in [5, 5.41) is 11.6. The lowest BCUT2D eigenvalue weighted by Gasteiger charge is -2.35. The zero-order valence-electron chi connectivity index (χ0n) is 16.7. The Morgan fingerprint density at radius 1 is 1.26 bits per heavy atom. The Kier molecular flexibility index (Phi) is 5.90. The molecule has 1 amide bonds. The normalized spacial score (nSPS) is 18.8. The van der Waals surface area contributed by atoms with Crippen LogP contribution in [-0.4, -0.2) is 44.5 Å². The molecule has 1 aliphatic heterocycles. The van der Waals surface area contributed by atoms with Gasteiger partial charge < -0.3 is 5.32 Å². The quantitative estimate of drug-likeness (QED) is 0.629. The number of aromatic nitrogens is 3. The fourth-order valence-corrected chi connectivity index (χ4v) is 4.09. The molecule has 10 heteroatoms. The number of carbonyl (C=O) groups excluding carboxylic acids is 1. The van der Waals surface area contributed by atoms with Crippen LogP contribution in [0.1, 0.15) is 37.1 Å². The van der Waals surface area contributed by atoms with Gasteiger partial charge in [-0.3, -0.25) is 14.1 Å². The van der Waals surface area contributed by atoms with Gasteiger partial charge in [0.15, 0.2) is 5.65 Å². The Morgan fingerprint density at radius 3 is 2.81 bits per heavy atom. The fourth-order valence-electron chi connectivity index (χ4n) is 3.90. The van der Waals surface area contributed by atoms with Crippen LogP contribution >= 0.6 is 11.6 Å². The minimum Gasteiger partial charge on any atom is -0.325 e. The molecular weight excluding hydrogens is 431 g/mol. The summed E-state index contributed by atoms with van der Waals surface area (Å²) < 4.78 is 40.8. The van der Waals surface area contributed by atoms with Gasteiger partial charge in [-0.15, -0.1) is 10.2 Å². The number of halogens is 4. The molecule has 3 aromatic rings. The van der Waals surface area contributed by atoms with Gasteiger partial charge in [0.1, 0.15) is 5.82 Å². The molecule has 1 aromatic carbocycles. The average molecular weight is 452 g/mol. The lowest BCUT2D eigenvalue weighted by molar-refractivity contribution is -0.137. The first-order valence-electron chi connectivity index (χ1n) is 9.95. The molecule has 0 bridgehead atoms. The van der Waals surface area contributed by atoms with E-state index in [1.54, 1.807) is 24.3 Å². The predicted molar refractivity (Wildman–Crippen MR) is 111 cm³/mol. The largest absolute Gasteiger partial charge is 0.417 e. The third kappa shape index (κ3) is 4.67. The molecule has 1 saturated heterocycles. The maximum absolute atomic E-state index is 13.1. The van der Waals surface area contributed by atoms with Crippen LogP contribution in [0.25, 0.3) is 5.65 Å². The molecule has 1 N–H and O–H groups in total. The van der Waals surface area contributed by atoms with E-state index in [1.807, 2.05) is 11.8 Å². The van der Waals surface area contributed by atoms with E-state index >= 15 is 0 Å². The number of anilines is 1. The molecule has 0 radical (unpaired) electrons. The van der Waals surface area contributed by atoms with E-state index in [4.69, 9.17) is 11.6 Å². The number of rotatable bonds is 4. The first-order chi connectivity index (χ1) is 14.7. The Hall–Kier alpha value is -2.65. The SMILES string of the molecule is CC(C(=O)Nc1cccc(Cl)c1)N1CCCC(c2nnc3ccc(C(F)(F)F)cn23)C1. The van der Waals surface area contributed by atoms with E-state index in [0.717, 1.165) is 25.1 Å². The molecule has 6 nitrogen and oxygen atoms in total. The molecule has 0 saturated carbocycles. The lowest BCUT2D eigenvalue weighted by atomic mass is 9.96. The van der Waals surface area contributed by atoms with Gasteiger partial charge in [-0.05, 0) is 56.6 Å². The van der Waals surface area contributed by atoms with Crippen molar-refractivity contribution < 1.29 is 18.0 Å². The van der Waals surface area contributed by atoms with Gasteiger partial charge in [0, 0.05) is 29.4 Å². The second kappa shape index (κ2) is 8.47. The van der Waals surface area contributed by atoms with Crippen molar-refractivity contribution in [2.24, 2.45) is 0 Å². The van der Waals surface area contributed by atoms with Crippen molar-refractivity contribution in [3.05, 3.63) is 59.0 Å². The van der Waals surface area contributed by atoms with Gasteiger partial charge in [-0.25, -0.2) is 0 Å². The first-order valence-corrected chi connectivity index (χ1v) is 10.3. The highest BCUT2D eigenvalue weighted by Crippen LogP contribution is 2.32. The van der Waals surface area contributed by atoms with Crippen LogP contribution in [0.15, 0.2) is 42.6 Å². The first kappa shape index (κ1) is 21.6. The molecular formula is C21H21ClF3N5O. The van der Waals surface area contributed by atoms with Crippen molar-refractivity contribution in [3.63, 3.8) is 0 Å². The molecule has 2 unspecified atom stereocenters. The molecule has 4 rings (SSSR count). The van der Waals surface area contributed by atoms with E-state index in [2.05, 4.69) is 15.5 Å². The van der Waals surface area contributed by atoms with Gasteiger partial charge in [-0.2, -0.15) is 13.2 Å². The van der Waals surface area contributed by atoms with Gasteiger partial charge in [-0.1, -0.05) is 17.7 Å². The molecule has 2 aromatic heterocycles. The zero-order chi connectivity index (χ0) is 22.2. The molecule has 1 aliphatic rings. The molecule has 31 heavy (non-hydrogen) atoms. The van der Waals surface area contributed by atoms with Crippen LogP contribution < -0.4 is 5.32 Å². The number of piperidine rings is 1. The summed E-state index contributed by atoms with van der Waals surface area (Å²) in [5.41, 5.74) is 0.232. The van der Waals surface area contributed by atoms with Crippen LogP contribution in [0, 0.1) is 0 Å². The summed E-state index contributed by atoms with van der Waals surface area (Å²) in [6.07, 6.45) is -1.84. The number of nitrogens with zero attached hydrogens (tertiary/aromatic N) is 4. The second-order valence-electron chi connectivity index (χ2n) is 7.71. The molecule has 2 atom stereocenters. The highest BCUT2D eigenvalue weighted by Gasteiger charge is 2.33. The molecule has 1 fully saturated rings. The number of hydrogen-bond acceptors (Lipinski definition) is 4. The topological polar surface area (TPSA) is 62.5 Å². The van der Waals surface area contributed by atoms with E-state index in [9.17, 15) is 18.0 Å². The van der Waals surface area contributed by atoms with E-state index in [1.165, 1.54) is 10.5 Å². The van der Waals surface area contributed by atoms with Crippen molar-refractivity contribution in [1.82, 2.24) is 19.5 Å². The molecule has 164 valence electrons. The van der Waals surface area contributed by atoms with Gasteiger partial charge in [0.2, 0.25) is 5.91 Å². The van der Waals surface area contributed by atoms with Crippen LogP contribution in [0.3, 0.4) is 0 Å². The Balaban J connectivity index is 1.51. The van der Waals surface area contributed by atoms with Crippen molar-refractivity contribution >= 4 is 28.8 Å². The second-order valence-corrected chi connectivity index (χ2v) is 8.15. The van der Waals surface area contributed by atoms with E-state index < -0.39 is 17.8 Å². The zero-order valence-corrected chi connectivity index (χ0v) is 17.5. The predicted octanol–water partition coefficient (Wildman–Crippen LogP) is 4.61. The van der Waals surface area contributed by atoms with Gasteiger partial charge in [0.25, 0.3) is 0 Å². The van der Waals surface area contributed by atoms with Crippen molar-refractivity contribution in [2.75, 3.05) is 18.4 Å². The highest BCUT2D eigenvalue weighted by molar-refractivity contribution is 6.30. The number of alkyl halides is 3. The number of carbonyl (C=O) groups is 1. The Morgan fingerprint density at radius 2 is 2.06 bits per heavy atom. The summed E-state index contributed by atoms with van der Waals surface area (Å²) in [6.45, 7) is 3.03. The molecule has 3 heterocycles. The third-order valence-electron chi connectivity index (χ3n) is 5.59. The lowest BCUT2D eigenvalue weighted by Crippen LogP contribution is -2.46. The fraction of sp³-hybridized carbons (Fsp3) is 0.381. The van der Waals surface area contributed by atoms with Crippen LogP contribution in [0.2, 0.25) is 5.02 Å². The summed E-state index contributed by atoms with van der Waals surface area (Å²) >= 11 is 5.97. The minimum absolute atomic E-state index is 0.131. The number of benzene rings is 1. The van der Waals surface area contributed by atoms with Crippen molar-refractivity contribution in [3.8, 4) is 0 Å². The third-order valence-corrected chi connectivity index (χ3v) is 5.83. The van der Waals surface area contributed by atoms with Crippen LogP contribution in [0.4, 0.5) is 18.9 Å². The Bertz CT molecular complexity index is 1100. The summed E-state index contributed by atoms with van der Waals surface area (Å²) in [6, 6.07) is 8.81. The maximum Gasteiger partial charge on any atom is 0.417 e. The average Bonchev–Trinajstić information content (AvgIpc) is 3.16. The van der Waals surface area contributed by atoms with E-state index in [-0.39, 0.29) is 11.8 Å². The Labute approximate surface area is 182 Å². The summed E-state index contributed by atoms with van der Waals surface area (Å²) in [7, 11) is 0. The number of pyridine rings is 1. The summed E-state index contributed by atoms with van der Waals surface area (Å²) in [4.78, 5) is 14.7. The number of nitrogens with one attached hydrogen (secondary N) is 1. The smallest absolute Gasteiger partial charge is 0.325 e. The van der Waals surface area contributed by atoms with Crippen molar-refractivity contribution in [2.45, 2.75) is 37.9 Å². The van der Waals surface area contributed by atoms with Crippen LogP contribution in [0.5, 0.6) is 0 Å². The van der Waals surface area contributed by atoms with Crippen molar-refractivity contribution in [1.29, 1.82) is 0 Å². The highest BCUT2D eigenvalue weighted by atomic mass is 35.5. The van der Waals surface area contributed by atoms with Gasteiger partial charge in [0.05, 0.1) is 11.6 Å². The number of hydrogen-bond donors (Lipinski definition) is 1. The monoisotopic (exact) mass is 451 g/mol. The molecule has 0 aliphatic carbocycles. The van der Waals surface area contributed by atoms with Crippen LogP contribution in [-0.2, 0) is 11.0 Å². The minimum atomic E-state index is -4.44. The maximum atomic E-state index is 13.1. The van der Waals surface area contributed by atoms with E-state index in [0.29, 0.717) is 35.3 Å². The number of amides is 1. The van der Waals surface area contributed by atoms with Gasteiger partial charge >= 0.3 is 6.18 Å². The standard InChI is InChI=1S/C21H21ClF3N5O/c1-13(20(31)26-17-6-2-5-16(22)10-17)29-9-3-4-14(11-29)19-28-27-18-8-7-15(12-30(18)19)21(23,24)25/h2,5-8,10,12-14H,3-4,9,11H2,1H3,(H,26,31). The molecule has 0 spiro atoms. The number of fused-ring (bicyclic) bond motifs is 1.